The van der Waals surface area contributed by atoms with E-state index in [1.54, 1.807) is 0 Å². The Hall–Kier alpha value is 0.400. The molecule has 1 heterocycles. The summed E-state index contributed by atoms with van der Waals surface area (Å²) in [5, 5.41) is 8.68. The largest absolute Gasteiger partial charge is 1.00 e. The molecule has 0 unspecified atom stereocenters. The summed E-state index contributed by atoms with van der Waals surface area (Å²) in [4.78, 5) is 0. The van der Waals surface area contributed by atoms with Crippen LogP contribution in [-0.2, 0) is 0 Å². The highest BCUT2D eigenvalue weighted by Crippen LogP contribution is 2.14. The molecule has 1 N–H and O–H groups in total. The summed E-state index contributed by atoms with van der Waals surface area (Å²) in [6, 6.07) is 0. The molecule has 10 heavy (non-hydrogen) atoms. The highest BCUT2D eigenvalue weighted by molar-refractivity contribution is 4.50. The van der Waals surface area contributed by atoms with Gasteiger partial charge in [0.1, 0.15) is 6.54 Å². The fourth-order valence-electron chi connectivity index (χ4n) is 1.56. The molecule has 0 radical (unpaired) electrons. The molecule has 1 saturated heterocycles. The topological polar surface area (TPSA) is 20.2 Å². The van der Waals surface area contributed by atoms with Gasteiger partial charge in [0, 0.05) is 12.8 Å². The van der Waals surface area contributed by atoms with Gasteiger partial charge in [0.15, 0.2) is 0 Å². The van der Waals surface area contributed by atoms with Crippen molar-refractivity contribution in [3.05, 3.63) is 0 Å². The van der Waals surface area contributed by atoms with Gasteiger partial charge >= 0.3 is 0 Å². The Bertz CT molecular complexity index is 91.6. The van der Waals surface area contributed by atoms with Crippen molar-refractivity contribution in [2.75, 3.05) is 33.3 Å². The van der Waals surface area contributed by atoms with Crippen LogP contribution in [0.25, 0.3) is 0 Å². The monoisotopic (exact) mass is 209 g/mol. The van der Waals surface area contributed by atoms with Crippen LogP contribution in [-0.4, -0.2) is 42.9 Å². The van der Waals surface area contributed by atoms with E-state index in [0.717, 1.165) is 11.0 Å². The number of hydrogen-bond donors (Lipinski definition) is 1. The molecule has 0 atom stereocenters. The van der Waals surface area contributed by atoms with Crippen LogP contribution in [0.2, 0.25) is 0 Å². The summed E-state index contributed by atoms with van der Waals surface area (Å²) < 4.78 is 1.09. The van der Waals surface area contributed by atoms with E-state index in [0.29, 0.717) is 6.61 Å². The van der Waals surface area contributed by atoms with Crippen molar-refractivity contribution >= 4 is 0 Å². The number of rotatable bonds is 2. The first-order chi connectivity index (χ1) is 4.27. The number of hydrogen-bond acceptors (Lipinski definition) is 1. The second-order valence-electron chi connectivity index (χ2n) is 3.22. The van der Waals surface area contributed by atoms with E-state index < -0.39 is 0 Å². The fourth-order valence-corrected chi connectivity index (χ4v) is 1.56. The highest BCUT2D eigenvalue weighted by atomic mass is 79.9. The molecule has 1 fully saturated rings. The average molecular weight is 210 g/mol. The van der Waals surface area contributed by atoms with Gasteiger partial charge in [-0.05, 0) is 0 Å². The minimum absolute atomic E-state index is 0. The van der Waals surface area contributed by atoms with E-state index >= 15 is 0 Å². The molecule has 3 heteroatoms. The Labute approximate surface area is 73.2 Å². The van der Waals surface area contributed by atoms with Crippen molar-refractivity contribution in [3.8, 4) is 0 Å². The number of likely N-dealkylation sites (tertiary alicyclic amines) is 1. The lowest BCUT2D eigenvalue weighted by Gasteiger charge is -2.27. The minimum atomic E-state index is 0. The number of nitrogens with zero attached hydrogens (tertiary/aromatic N) is 1. The van der Waals surface area contributed by atoms with E-state index in [1.165, 1.54) is 25.9 Å². The minimum Gasteiger partial charge on any atom is -1.00 e. The molecule has 0 amide bonds. The van der Waals surface area contributed by atoms with Crippen molar-refractivity contribution < 1.29 is 26.6 Å². The summed E-state index contributed by atoms with van der Waals surface area (Å²) in [6.07, 6.45) is 2.69. The lowest BCUT2D eigenvalue weighted by molar-refractivity contribution is -0.897. The van der Waals surface area contributed by atoms with Gasteiger partial charge in [-0.1, -0.05) is 0 Å². The zero-order valence-corrected chi connectivity index (χ0v) is 8.10. The van der Waals surface area contributed by atoms with Crippen LogP contribution in [0.4, 0.5) is 0 Å². The van der Waals surface area contributed by atoms with E-state index in [9.17, 15) is 0 Å². The Balaban J connectivity index is 0.000000810. The van der Waals surface area contributed by atoms with E-state index in [1.807, 2.05) is 0 Å². The molecule has 0 spiro atoms. The summed E-state index contributed by atoms with van der Waals surface area (Å²) in [7, 11) is 2.23. The van der Waals surface area contributed by atoms with Crippen LogP contribution >= 0.6 is 0 Å². The molecule has 0 aliphatic carbocycles. The van der Waals surface area contributed by atoms with Crippen LogP contribution < -0.4 is 17.0 Å². The van der Waals surface area contributed by atoms with Gasteiger partial charge in [0.2, 0.25) is 0 Å². The van der Waals surface area contributed by atoms with Gasteiger partial charge in [-0.3, -0.25) is 0 Å². The van der Waals surface area contributed by atoms with Gasteiger partial charge in [-0.25, -0.2) is 0 Å². The molecule has 0 aromatic heterocycles. The third-order valence-electron chi connectivity index (χ3n) is 2.29. The molecule has 0 aromatic rings. The first-order valence-electron chi connectivity index (χ1n) is 3.71. The van der Waals surface area contributed by atoms with Crippen LogP contribution in [0, 0.1) is 0 Å². The summed E-state index contributed by atoms with van der Waals surface area (Å²) in [5.41, 5.74) is 0. The van der Waals surface area contributed by atoms with E-state index in [-0.39, 0.29) is 17.0 Å². The number of aliphatic hydroxyl groups is 1. The number of likely N-dealkylation sites (N-methyl/N-ethyl adjacent to an activating group) is 1. The quantitative estimate of drug-likeness (QED) is 0.489. The summed E-state index contributed by atoms with van der Waals surface area (Å²) >= 11 is 0. The van der Waals surface area contributed by atoms with Crippen LogP contribution in [0.3, 0.4) is 0 Å². The van der Waals surface area contributed by atoms with E-state index in [4.69, 9.17) is 5.11 Å². The SMILES string of the molecule is C[N+]1(CCO)CCCC1.[Br-]. The first-order valence-corrected chi connectivity index (χ1v) is 3.71. The van der Waals surface area contributed by atoms with Gasteiger partial charge in [0.25, 0.3) is 0 Å². The first kappa shape index (κ1) is 10.4. The van der Waals surface area contributed by atoms with Crippen molar-refractivity contribution in [2.45, 2.75) is 12.8 Å². The van der Waals surface area contributed by atoms with Crippen molar-refractivity contribution in [2.24, 2.45) is 0 Å². The van der Waals surface area contributed by atoms with Crippen molar-refractivity contribution in [1.82, 2.24) is 0 Å². The van der Waals surface area contributed by atoms with Crippen molar-refractivity contribution in [1.29, 1.82) is 0 Å². The van der Waals surface area contributed by atoms with Crippen LogP contribution in [0.1, 0.15) is 12.8 Å². The van der Waals surface area contributed by atoms with Crippen LogP contribution in [0.5, 0.6) is 0 Å². The molecule has 1 aliphatic heterocycles. The van der Waals surface area contributed by atoms with Gasteiger partial charge in [0.05, 0.1) is 26.7 Å². The summed E-state index contributed by atoms with van der Waals surface area (Å²) in [6.45, 7) is 3.82. The summed E-state index contributed by atoms with van der Waals surface area (Å²) in [5.74, 6) is 0. The molecule has 0 saturated carbocycles. The second kappa shape index (κ2) is 4.31. The molecule has 1 aliphatic rings. The molecule has 1 rings (SSSR count). The third-order valence-corrected chi connectivity index (χ3v) is 2.29. The Morgan fingerprint density at radius 2 is 1.80 bits per heavy atom. The molecular weight excluding hydrogens is 194 g/mol. The Kier molecular flexibility index (Phi) is 4.49. The highest BCUT2D eigenvalue weighted by Gasteiger charge is 2.25. The lowest BCUT2D eigenvalue weighted by Crippen LogP contribution is -3.00. The fraction of sp³-hybridized carbons (Fsp3) is 1.00. The predicted octanol–water partition coefficient (Wildman–Crippen LogP) is -2.78. The van der Waals surface area contributed by atoms with Crippen LogP contribution in [0.15, 0.2) is 0 Å². The second-order valence-corrected chi connectivity index (χ2v) is 3.22. The molecular formula is C7H16BrNO. The maximum absolute atomic E-state index is 8.68. The zero-order chi connectivity index (χ0) is 6.74. The molecule has 0 aromatic carbocycles. The molecule has 0 bridgehead atoms. The van der Waals surface area contributed by atoms with E-state index in [2.05, 4.69) is 7.05 Å². The maximum Gasteiger partial charge on any atom is 0.102 e. The number of halogens is 1. The van der Waals surface area contributed by atoms with Gasteiger partial charge < -0.3 is 26.6 Å². The van der Waals surface area contributed by atoms with Gasteiger partial charge in [-0.2, -0.15) is 0 Å². The maximum atomic E-state index is 8.68. The number of aliphatic hydroxyl groups excluding tert-OH is 1. The Morgan fingerprint density at radius 1 is 1.30 bits per heavy atom. The average Bonchev–Trinajstić information content (AvgIpc) is 2.16. The standard InChI is InChI=1S/C7H16NO.BrH/c1-8(6-7-9)4-2-3-5-8;/h9H,2-7H2,1H3;1H/q+1;/p-1. The Morgan fingerprint density at radius 3 is 2.20 bits per heavy atom. The lowest BCUT2D eigenvalue weighted by atomic mass is 10.4. The third kappa shape index (κ3) is 2.56. The number of quaternary nitrogens is 1. The normalized spacial score (nSPS) is 22.2. The predicted molar refractivity (Wildman–Crippen MR) is 37.1 cm³/mol. The van der Waals surface area contributed by atoms with Gasteiger partial charge in [-0.15, -0.1) is 0 Å². The molecule has 2 nitrogen and oxygen atoms in total. The zero-order valence-electron chi connectivity index (χ0n) is 6.52. The van der Waals surface area contributed by atoms with Crippen molar-refractivity contribution in [3.63, 3.8) is 0 Å². The molecule has 62 valence electrons. The smallest absolute Gasteiger partial charge is 0.102 e.